The van der Waals surface area contributed by atoms with Gasteiger partial charge in [0.25, 0.3) is 0 Å². The Labute approximate surface area is 75.2 Å². The topological polar surface area (TPSA) is 32.3 Å². The van der Waals surface area contributed by atoms with Gasteiger partial charge >= 0.3 is 0 Å². The molecule has 0 atom stereocenters. The normalized spacial score (nSPS) is 10.4. The van der Waals surface area contributed by atoms with Crippen LogP contribution in [-0.2, 0) is 6.42 Å². The fourth-order valence-corrected chi connectivity index (χ4v) is 1.03. The predicted molar refractivity (Wildman–Crippen MR) is 45.7 cm³/mol. The number of rotatable bonds is 3. The molecule has 1 aromatic rings. The fourth-order valence-electron chi connectivity index (χ4n) is 1.03. The van der Waals surface area contributed by atoms with Crippen molar-refractivity contribution in [2.45, 2.75) is 6.42 Å². The van der Waals surface area contributed by atoms with Crippen LogP contribution in [0.1, 0.15) is 5.56 Å². The van der Waals surface area contributed by atoms with Crippen molar-refractivity contribution in [2.75, 3.05) is 13.6 Å². The molecule has 0 unspecified atom stereocenters. The highest BCUT2D eigenvalue weighted by Gasteiger charge is 2.08. The van der Waals surface area contributed by atoms with Gasteiger partial charge in [-0.1, -0.05) is 0 Å². The van der Waals surface area contributed by atoms with E-state index >= 15 is 0 Å². The summed E-state index contributed by atoms with van der Waals surface area (Å²) in [5.41, 5.74) is 0.530. The number of benzene rings is 1. The molecule has 2 nitrogen and oxygen atoms in total. The first-order chi connectivity index (χ1) is 6.15. The monoisotopic (exact) mass is 187 g/mol. The summed E-state index contributed by atoms with van der Waals surface area (Å²) in [7, 11) is 1.76. The smallest absolute Gasteiger partial charge is 0.187 e. The van der Waals surface area contributed by atoms with Gasteiger partial charge in [-0.2, -0.15) is 0 Å². The van der Waals surface area contributed by atoms with E-state index in [2.05, 4.69) is 5.32 Å². The number of halogens is 2. The van der Waals surface area contributed by atoms with Crippen molar-refractivity contribution < 1.29 is 13.9 Å². The Bertz CT molecular complexity index is 279. The molecule has 1 aromatic carbocycles. The quantitative estimate of drug-likeness (QED) is 0.750. The van der Waals surface area contributed by atoms with Crippen LogP contribution in [0.3, 0.4) is 0 Å². The van der Waals surface area contributed by atoms with Crippen LogP contribution >= 0.6 is 0 Å². The third kappa shape index (κ3) is 2.39. The number of nitrogens with one attached hydrogen (secondary N) is 1. The molecule has 4 heteroatoms. The van der Waals surface area contributed by atoms with Crippen LogP contribution in [0.5, 0.6) is 5.75 Å². The Morgan fingerprint density at radius 2 is 1.85 bits per heavy atom. The van der Waals surface area contributed by atoms with E-state index in [9.17, 15) is 8.78 Å². The molecule has 0 bridgehead atoms. The summed E-state index contributed by atoms with van der Waals surface area (Å²) in [5, 5.41) is 11.7. The van der Waals surface area contributed by atoms with Crippen LogP contribution in [0.4, 0.5) is 8.78 Å². The summed E-state index contributed by atoms with van der Waals surface area (Å²) in [6.45, 7) is 0.643. The number of hydrogen-bond donors (Lipinski definition) is 2. The summed E-state index contributed by atoms with van der Waals surface area (Å²) in [4.78, 5) is 0. The SMILES string of the molecule is CNCCc1cc(F)c(O)c(F)c1. The Hall–Kier alpha value is -1.16. The van der Waals surface area contributed by atoms with Crippen molar-refractivity contribution in [3.8, 4) is 5.75 Å². The maximum Gasteiger partial charge on any atom is 0.187 e. The third-order valence-corrected chi connectivity index (χ3v) is 1.74. The summed E-state index contributed by atoms with van der Waals surface area (Å²) in [6, 6.07) is 2.27. The zero-order valence-electron chi connectivity index (χ0n) is 7.27. The summed E-state index contributed by atoms with van der Waals surface area (Å²) < 4.78 is 25.5. The van der Waals surface area contributed by atoms with Crippen molar-refractivity contribution in [2.24, 2.45) is 0 Å². The van der Waals surface area contributed by atoms with Gasteiger partial charge in [0.2, 0.25) is 0 Å². The molecule has 0 aromatic heterocycles. The van der Waals surface area contributed by atoms with Gasteiger partial charge in [0.1, 0.15) is 0 Å². The standard InChI is InChI=1S/C9H11F2NO/c1-12-3-2-6-4-7(10)9(13)8(11)5-6/h4-5,12-13H,2-3H2,1H3. The van der Waals surface area contributed by atoms with Gasteiger partial charge in [-0.3, -0.25) is 0 Å². The molecule has 72 valence electrons. The lowest BCUT2D eigenvalue weighted by atomic mass is 10.1. The van der Waals surface area contributed by atoms with Gasteiger partial charge in [-0.25, -0.2) is 8.78 Å². The highest BCUT2D eigenvalue weighted by molar-refractivity contribution is 5.30. The minimum Gasteiger partial charge on any atom is -0.503 e. The molecule has 0 fully saturated rings. The number of likely N-dealkylation sites (N-methyl/N-ethyl adjacent to an activating group) is 1. The molecule has 0 saturated carbocycles. The predicted octanol–water partition coefficient (Wildman–Crippen LogP) is 1.43. The second-order valence-electron chi connectivity index (χ2n) is 2.76. The van der Waals surface area contributed by atoms with E-state index in [0.717, 1.165) is 12.1 Å². The second kappa shape index (κ2) is 4.18. The molecule has 0 spiro atoms. The van der Waals surface area contributed by atoms with Crippen LogP contribution in [-0.4, -0.2) is 18.7 Å². The molecule has 13 heavy (non-hydrogen) atoms. The lowest BCUT2D eigenvalue weighted by molar-refractivity contribution is 0.395. The molecule has 1 rings (SSSR count). The zero-order chi connectivity index (χ0) is 9.84. The lowest BCUT2D eigenvalue weighted by Gasteiger charge is -2.03. The molecule has 0 aliphatic carbocycles. The average molecular weight is 187 g/mol. The van der Waals surface area contributed by atoms with E-state index in [0.29, 0.717) is 18.5 Å². The molecule has 0 saturated heterocycles. The molecule has 0 amide bonds. The maximum absolute atomic E-state index is 12.8. The van der Waals surface area contributed by atoms with Gasteiger partial charge in [0.05, 0.1) is 0 Å². The van der Waals surface area contributed by atoms with Crippen molar-refractivity contribution in [1.29, 1.82) is 0 Å². The number of phenols is 1. The largest absolute Gasteiger partial charge is 0.503 e. The van der Waals surface area contributed by atoms with E-state index in [4.69, 9.17) is 5.11 Å². The van der Waals surface area contributed by atoms with Crippen molar-refractivity contribution in [1.82, 2.24) is 5.32 Å². The summed E-state index contributed by atoms with van der Waals surface area (Å²) >= 11 is 0. The van der Waals surface area contributed by atoms with Crippen LogP contribution in [0.15, 0.2) is 12.1 Å². The minimum atomic E-state index is -0.911. The Kier molecular flexibility index (Phi) is 3.19. The van der Waals surface area contributed by atoms with Crippen molar-refractivity contribution >= 4 is 0 Å². The number of aromatic hydroxyl groups is 1. The van der Waals surface area contributed by atoms with Crippen LogP contribution in [0, 0.1) is 11.6 Å². The van der Waals surface area contributed by atoms with Gasteiger partial charge in [0, 0.05) is 0 Å². The highest BCUT2D eigenvalue weighted by Crippen LogP contribution is 2.21. The molecule has 0 aliphatic heterocycles. The number of phenolic OH excluding ortho intramolecular Hbond substituents is 1. The molecule has 2 N–H and O–H groups in total. The zero-order valence-corrected chi connectivity index (χ0v) is 7.27. The maximum atomic E-state index is 12.8. The fraction of sp³-hybridized carbons (Fsp3) is 0.333. The summed E-state index contributed by atoms with van der Waals surface area (Å²) in [6.07, 6.45) is 0.532. The van der Waals surface area contributed by atoms with E-state index in [1.165, 1.54) is 0 Å². The van der Waals surface area contributed by atoms with E-state index in [-0.39, 0.29) is 0 Å². The van der Waals surface area contributed by atoms with Gasteiger partial charge in [-0.05, 0) is 37.7 Å². The Balaban J connectivity index is 2.86. The molecule has 0 heterocycles. The van der Waals surface area contributed by atoms with E-state index < -0.39 is 17.4 Å². The Morgan fingerprint density at radius 3 is 2.31 bits per heavy atom. The average Bonchev–Trinajstić information content (AvgIpc) is 2.10. The van der Waals surface area contributed by atoms with Gasteiger partial charge in [0.15, 0.2) is 17.4 Å². The van der Waals surface area contributed by atoms with E-state index in [1.54, 1.807) is 7.05 Å². The van der Waals surface area contributed by atoms with Crippen molar-refractivity contribution in [3.63, 3.8) is 0 Å². The molecular formula is C9H11F2NO. The Morgan fingerprint density at radius 1 is 1.31 bits per heavy atom. The van der Waals surface area contributed by atoms with Crippen LogP contribution in [0.25, 0.3) is 0 Å². The highest BCUT2D eigenvalue weighted by atomic mass is 19.1. The van der Waals surface area contributed by atoms with Crippen LogP contribution in [0.2, 0.25) is 0 Å². The minimum absolute atomic E-state index is 0.530. The van der Waals surface area contributed by atoms with Crippen LogP contribution < -0.4 is 5.32 Å². The first-order valence-electron chi connectivity index (χ1n) is 3.96. The molecule has 0 radical (unpaired) electrons. The first kappa shape index (κ1) is 9.92. The van der Waals surface area contributed by atoms with Gasteiger partial charge < -0.3 is 10.4 Å². The molecule has 0 aliphatic rings. The second-order valence-corrected chi connectivity index (χ2v) is 2.76. The lowest BCUT2D eigenvalue weighted by Crippen LogP contribution is -2.10. The first-order valence-corrected chi connectivity index (χ1v) is 3.96. The van der Waals surface area contributed by atoms with Crippen molar-refractivity contribution in [3.05, 3.63) is 29.3 Å². The number of hydrogen-bond acceptors (Lipinski definition) is 2. The van der Waals surface area contributed by atoms with E-state index in [1.807, 2.05) is 0 Å². The summed E-state index contributed by atoms with van der Waals surface area (Å²) in [5.74, 6) is -2.73. The third-order valence-electron chi connectivity index (χ3n) is 1.74. The molecular weight excluding hydrogens is 176 g/mol. The van der Waals surface area contributed by atoms with Gasteiger partial charge in [-0.15, -0.1) is 0 Å².